The molecule has 0 fully saturated rings. The molecule has 6 heteroatoms. The van der Waals surface area contributed by atoms with Gasteiger partial charge in [-0.25, -0.2) is 9.38 Å². The van der Waals surface area contributed by atoms with E-state index in [0.29, 0.717) is 16.7 Å². The first kappa shape index (κ1) is 20.8. The van der Waals surface area contributed by atoms with Crippen LogP contribution in [0.1, 0.15) is 49.7 Å². The maximum Gasteiger partial charge on any atom is 0.168 e. The van der Waals surface area contributed by atoms with E-state index in [1.807, 2.05) is 42.3 Å². The van der Waals surface area contributed by atoms with Crippen molar-refractivity contribution in [3.05, 3.63) is 76.5 Å². The molecule has 0 N–H and O–H groups in total. The summed E-state index contributed by atoms with van der Waals surface area (Å²) in [5, 5.41) is 9.77. The molecule has 2 atom stereocenters. The van der Waals surface area contributed by atoms with Gasteiger partial charge in [-0.15, -0.1) is 0 Å². The molecule has 1 aliphatic heterocycles. The summed E-state index contributed by atoms with van der Waals surface area (Å²) < 4.78 is 13.9. The summed E-state index contributed by atoms with van der Waals surface area (Å²) >= 11 is 1.47. The van der Waals surface area contributed by atoms with Crippen LogP contribution in [0.4, 0.5) is 10.1 Å². The van der Waals surface area contributed by atoms with Crippen LogP contribution in [0, 0.1) is 11.3 Å². The number of alkyl halides is 1. The van der Waals surface area contributed by atoms with Crippen LogP contribution in [-0.2, 0) is 4.79 Å². The molecule has 0 bridgehead atoms. The standard InChI is InChI=1S/C23H22FN3OS/c1-14(24)19-6-5-7-20(12-19)27-15(2)21(16(3)28)22(26-23(27)29-4)18-10-8-17(13-25)9-11-18/h5-12,14,22H,1-4H3. The molecule has 0 aromatic heterocycles. The number of thioether (sulfide) groups is 1. The van der Waals surface area contributed by atoms with Crippen molar-refractivity contribution < 1.29 is 9.18 Å². The number of carbonyl (C=O) groups is 1. The number of rotatable bonds is 4. The predicted molar refractivity (Wildman–Crippen MR) is 117 cm³/mol. The first-order chi connectivity index (χ1) is 13.9. The van der Waals surface area contributed by atoms with Gasteiger partial charge in [0.1, 0.15) is 12.2 Å². The molecule has 2 aromatic rings. The Labute approximate surface area is 174 Å². The van der Waals surface area contributed by atoms with Gasteiger partial charge in [0.2, 0.25) is 0 Å². The fraction of sp³-hybridized carbons (Fsp3) is 0.261. The average molecular weight is 408 g/mol. The maximum absolute atomic E-state index is 13.9. The second kappa shape index (κ2) is 8.62. The number of aliphatic imine (C=N–C) groups is 1. The number of hydrogen-bond donors (Lipinski definition) is 0. The van der Waals surface area contributed by atoms with Gasteiger partial charge < -0.3 is 0 Å². The number of Topliss-reactive ketones (excluding diaryl/α,β-unsaturated/α-hetero) is 1. The smallest absolute Gasteiger partial charge is 0.168 e. The largest absolute Gasteiger partial charge is 0.295 e. The van der Waals surface area contributed by atoms with Gasteiger partial charge in [-0.05, 0) is 62.4 Å². The van der Waals surface area contributed by atoms with E-state index in [-0.39, 0.29) is 5.78 Å². The molecule has 3 rings (SSSR count). The second-order valence-electron chi connectivity index (χ2n) is 6.85. The molecule has 2 aromatic carbocycles. The number of ketones is 1. The number of nitriles is 1. The molecular weight excluding hydrogens is 385 g/mol. The van der Waals surface area contributed by atoms with Crippen molar-refractivity contribution in [2.45, 2.75) is 33.0 Å². The zero-order valence-electron chi connectivity index (χ0n) is 16.8. The lowest BCUT2D eigenvalue weighted by Crippen LogP contribution is -2.34. The lowest BCUT2D eigenvalue weighted by Gasteiger charge is -2.34. The highest BCUT2D eigenvalue weighted by Crippen LogP contribution is 2.39. The molecule has 4 nitrogen and oxygen atoms in total. The number of amidine groups is 1. The Morgan fingerprint density at radius 1 is 1.28 bits per heavy atom. The summed E-state index contributed by atoms with van der Waals surface area (Å²) in [4.78, 5) is 19.4. The second-order valence-corrected chi connectivity index (χ2v) is 7.63. The summed E-state index contributed by atoms with van der Waals surface area (Å²) in [7, 11) is 0. The van der Waals surface area contributed by atoms with Crippen LogP contribution in [0.2, 0.25) is 0 Å². The van der Waals surface area contributed by atoms with Crippen LogP contribution < -0.4 is 4.90 Å². The topological polar surface area (TPSA) is 56.5 Å². The van der Waals surface area contributed by atoms with Gasteiger partial charge in [0.25, 0.3) is 0 Å². The van der Waals surface area contributed by atoms with Crippen molar-refractivity contribution in [1.82, 2.24) is 0 Å². The highest BCUT2D eigenvalue weighted by Gasteiger charge is 2.32. The molecular formula is C23H22FN3OS. The highest BCUT2D eigenvalue weighted by atomic mass is 32.2. The lowest BCUT2D eigenvalue weighted by atomic mass is 9.92. The van der Waals surface area contributed by atoms with E-state index in [2.05, 4.69) is 6.07 Å². The summed E-state index contributed by atoms with van der Waals surface area (Å²) in [5.74, 6) is -0.0687. The van der Waals surface area contributed by atoms with Crippen molar-refractivity contribution in [2.24, 2.45) is 4.99 Å². The minimum Gasteiger partial charge on any atom is -0.295 e. The maximum atomic E-state index is 13.9. The molecule has 0 amide bonds. The predicted octanol–water partition coefficient (Wildman–Crippen LogP) is 5.73. The third kappa shape index (κ3) is 4.10. The molecule has 0 spiro atoms. The quantitative estimate of drug-likeness (QED) is 0.649. The number of anilines is 1. The Kier molecular flexibility index (Phi) is 6.19. The highest BCUT2D eigenvalue weighted by molar-refractivity contribution is 8.13. The Morgan fingerprint density at radius 3 is 2.52 bits per heavy atom. The van der Waals surface area contributed by atoms with Gasteiger partial charge >= 0.3 is 0 Å². The van der Waals surface area contributed by atoms with Crippen LogP contribution in [0.5, 0.6) is 0 Å². The Hall–Kier alpha value is -2.91. The molecule has 0 radical (unpaired) electrons. The number of hydrogen-bond acceptors (Lipinski definition) is 5. The summed E-state index contributed by atoms with van der Waals surface area (Å²) in [6.45, 7) is 4.93. The zero-order chi connectivity index (χ0) is 21.1. The van der Waals surface area contributed by atoms with Crippen LogP contribution in [0.3, 0.4) is 0 Å². The first-order valence-corrected chi connectivity index (χ1v) is 10.5. The third-order valence-corrected chi connectivity index (χ3v) is 5.59. The monoisotopic (exact) mass is 407 g/mol. The van der Waals surface area contributed by atoms with Crippen molar-refractivity contribution in [1.29, 1.82) is 5.26 Å². The fourth-order valence-electron chi connectivity index (χ4n) is 3.48. The molecule has 0 saturated carbocycles. The van der Waals surface area contributed by atoms with Gasteiger partial charge in [0, 0.05) is 17.0 Å². The van der Waals surface area contributed by atoms with E-state index in [1.165, 1.54) is 25.6 Å². The lowest BCUT2D eigenvalue weighted by molar-refractivity contribution is -0.113. The molecule has 1 aliphatic rings. The Bertz CT molecular complexity index is 1030. The number of allylic oxidation sites excluding steroid dienone is 1. The van der Waals surface area contributed by atoms with E-state index >= 15 is 0 Å². The Morgan fingerprint density at radius 2 is 1.97 bits per heavy atom. The SMILES string of the molecule is CSC1=NC(c2ccc(C#N)cc2)C(C(C)=O)=C(C)N1c1cccc(C(C)F)c1. The van der Waals surface area contributed by atoms with Gasteiger partial charge in [0.15, 0.2) is 11.0 Å². The average Bonchev–Trinajstić information content (AvgIpc) is 2.72. The van der Waals surface area contributed by atoms with Crippen molar-refractivity contribution in [2.75, 3.05) is 11.2 Å². The summed E-state index contributed by atoms with van der Waals surface area (Å²) in [5.41, 5.74) is 4.12. The molecule has 148 valence electrons. The molecule has 29 heavy (non-hydrogen) atoms. The van der Waals surface area contributed by atoms with E-state index in [4.69, 9.17) is 10.3 Å². The van der Waals surface area contributed by atoms with E-state index in [0.717, 1.165) is 22.1 Å². The number of nitrogens with zero attached hydrogens (tertiary/aromatic N) is 3. The van der Waals surface area contributed by atoms with E-state index in [9.17, 15) is 9.18 Å². The van der Waals surface area contributed by atoms with Crippen LogP contribution in [-0.4, -0.2) is 17.2 Å². The van der Waals surface area contributed by atoms with Gasteiger partial charge in [-0.1, -0.05) is 36.0 Å². The summed E-state index contributed by atoms with van der Waals surface area (Å²) in [6, 6.07) is 16.0. The normalized spacial score (nSPS) is 17.6. The van der Waals surface area contributed by atoms with Crippen LogP contribution >= 0.6 is 11.8 Å². The number of carbonyl (C=O) groups excluding carboxylic acids is 1. The number of halogens is 1. The van der Waals surface area contributed by atoms with Crippen molar-refractivity contribution in [3.8, 4) is 6.07 Å². The van der Waals surface area contributed by atoms with Gasteiger partial charge in [-0.2, -0.15) is 5.26 Å². The van der Waals surface area contributed by atoms with E-state index < -0.39 is 12.2 Å². The molecule has 0 saturated heterocycles. The van der Waals surface area contributed by atoms with Crippen molar-refractivity contribution >= 4 is 28.4 Å². The molecule has 2 unspecified atom stereocenters. The molecule has 0 aliphatic carbocycles. The minimum absolute atomic E-state index is 0.0687. The van der Waals surface area contributed by atoms with Gasteiger partial charge in [0.05, 0.1) is 11.6 Å². The first-order valence-electron chi connectivity index (χ1n) is 9.25. The summed E-state index contributed by atoms with van der Waals surface area (Å²) in [6.07, 6.45) is 0.840. The third-order valence-electron chi connectivity index (χ3n) is 4.93. The molecule has 1 heterocycles. The fourth-order valence-corrected chi connectivity index (χ4v) is 4.12. The van der Waals surface area contributed by atoms with Crippen LogP contribution in [0.15, 0.2) is 64.8 Å². The van der Waals surface area contributed by atoms with Crippen LogP contribution in [0.25, 0.3) is 0 Å². The Balaban J connectivity index is 2.14. The minimum atomic E-state index is -1.09. The van der Waals surface area contributed by atoms with Gasteiger partial charge in [-0.3, -0.25) is 9.69 Å². The zero-order valence-corrected chi connectivity index (χ0v) is 17.6. The number of benzene rings is 2. The van der Waals surface area contributed by atoms with Crippen molar-refractivity contribution in [3.63, 3.8) is 0 Å². The van der Waals surface area contributed by atoms with E-state index in [1.54, 1.807) is 24.3 Å².